The molecule has 31 heavy (non-hydrogen) atoms. The van der Waals surface area contributed by atoms with Gasteiger partial charge in [0.25, 0.3) is 5.91 Å². The van der Waals surface area contributed by atoms with Gasteiger partial charge in [-0.3, -0.25) is 4.79 Å². The number of hydrogen-bond acceptors (Lipinski definition) is 5. The SMILES string of the molecule is COc1cc(/C=N\NC(=O)[C@H](C)Oc2ccc(Br)cc2)ccc1OCc1ccccc1. The molecule has 3 aromatic carbocycles. The van der Waals surface area contributed by atoms with Crippen molar-refractivity contribution in [1.29, 1.82) is 0 Å². The van der Waals surface area contributed by atoms with Gasteiger partial charge in [0.15, 0.2) is 17.6 Å². The van der Waals surface area contributed by atoms with Crippen molar-refractivity contribution in [2.45, 2.75) is 19.6 Å². The zero-order chi connectivity index (χ0) is 22.1. The summed E-state index contributed by atoms with van der Waals surface area (Å²) in [5.41, 5.74) is 4.31. The molecule has 160 valence electrons. The van der Waals surface area contributed by atoms with Crippen molar-refractivity contribution in [3.8, 4) is 17.2 Å². The van der Waals surface area contributed by atoms with E-state index in [0.717, 1.165) is 15.6 Å². The Labute approximate surface area is 190 Å². The number of methoxy groups -OCH3 is 1. The predicted molar refractivity (Wildman–Crippen MR) is 124 cm³/mol. The third kappa shape index (κ3) is 6.86. The zero-order valence-corrected chi connectivity index (χ0v) is 18.8. The smallest absolute Gasteiger partial charge is 0.280 e. The van der Waals surface area contributed by atoms with E-state index in [1.54, 1.807) is 32.2 Å². The van der Waals surface area contributed by atoms with Gasteiger partial charge < -0.3 is 14.2 Å². The van der Waals surface area contributed by atoms with Crippen molar-refractivity contribution in [2.75, 3.05) is 7.11 Å². The molecule has 3 aromatic rings. The lowest BCUT2D eigenvalue weighted by Gasteiger charge is -2.13. The summed E-state index contributed by atoms with van der Waals surface area (Å²) < 4.78 is 17.8. The summed E-state index contributed by atoms with van der Waals surface area (Å²) in [6, 6.07) is 22.6. The minimum Gasteiger partial charge on any atom is -0.493 e. The van der Waals surface area contributed by atoms with E-state index in [-0.39, 0.29) is 5.91 Å². The number of nitrogens with one attached hydrogen (secondary N) is 1. The fraction of sp³-hybridized carbons (Fsp3) is 0.167. The van der Waals surface area contributed by atoms with Crippen molar-refractivity contribution in [3.63, 3.8) is 0 Å². The Morgan fingerprint density at radius 3 is 2.52 bits per heavy atom. The molecule has 0 aliphatic carbocycles. The number of benzene rings is 3. The van der Waals surface area contributed by atoms with Crippen LogP contribution in [0.5, 0.6) is 17.2 Å². The van der Waals surface area contributed by atoms with Crippen LogP contribution in [0.1, 0.15) is 18.1 Å². The van der Waals surface area contributed by atoms with Crippen LogP contribution in [0.2, 0.25) is 0 Å². The zero-order valence-electron chi connectivity index (χ0n) is 17.2. The number of nitrogens with zero attached hydrogens (tertiary/aromatic N) is 1. The Morgan fingerprint density at radius 1 is 1.06 bits per heavy atom. The third-order valence-electron chi connectivity index (χ3n) is 4.31. The molecule has 0 aliphatic rings. The summed E-state index contributed by atoms with van der Waals surface area (Å²) in [7, 11) is 1.58. The largest absolute Gasteiger partial charge is 0.493 e. The lowest BCUT2D eigenvalue weighted by molar-refractivity contribution is -0.127. The molecule has 0 spiro atoms. The molecule has 0 saturated heterocycles. The van der Waals surface area contributed by atoms with Gasteiger partial charge in [0, 0.05) is 4.47 Å². The Morgan fingerprint density at radius 2 is 1.81 bits per heavy atom. The second kappa shape index (κ2) is 11.2. The van der Waals surface area contributed by atoms with Gasteiger partial charge in [0.05, 0.1) is 13.3 Å². The van der Waals surface area contributed by atoms with Crippen LogP contribution < -0.4 is 19.6 Å². The molecule has 0 fully saturated rings. The first-order chi connectivity index (χ1) is 15.0. The molecule has 0 bridgehead atoms. The molecular formula is C24H23BrN2O4. The summed E-state index contributed by atoms with van der Waals surface area (Å²) in [4.78, 5) is 12.2. The average molecular weight is 483 g/mol. The fourth-order valence-corrected chi connectivity index (χ4v) is 2.92. The van der Waals surface area contributed by atoms with Crippen LogP contribution in [0.4, 0.5) is 0 Å². The molecule has 0 unspecified atom stereocenters. The third-order valence-corrected chi connectivity index (χ3v) is 4.84. The Balaban J connectivity index is 1.54. The number of carbonyl (C=O) groups excluding carboxylic acids is 1. The number of hydrogen-bond donors (Lipinski definition) is 1. The van der Waals surface area contributed by atoms with Crippen LogP contribution >= 0.6 is 15.9 Å². The number of ether oxygens (including phenoxy) is 3. The Hall–Kier alpha value is -3.32. The van der Waals surface area contributed by atoms with Gasteiger partial charge in [-0.15, -0.1) is 0 Å². The molecule has 0 heterocycles. The number of rotatable bonds is 9. The van der Waals surface area contributed by atoms with Crippen molar-refractivity contribution in [3.05, 3.63) is 88.4 Å². The number of halogens is 1. The monoisotopic (exact) mass is 482 g/mol. The fourth-order valence-electron chi connectivity index (χ4n) is 2.65. The second-order valence-electron chi connectivity index (χ2n) is 6.63. The van der Waals surface area contributed by atoms with Crippen molar-refractivity contribution in [1.82, 2.24) is 5.43 Å². The van der Waals surface area contributed by atoms with E-state index in [2.05, 4.69) is 26.5 Å². The first kappa shape index (κ1) is 22.4. The first-order valence-electron chi connectivity index (χ1n) is 9.65. The predicted octanol–water partition coefficient (Wildman–Crippen LogP) is 4.95. The summed E-state index contributed by atoms with van der Waals surface area (Å²) >= 11 is 3.36. The Kier molecular flexibility index (Phi) is 8.06. The van der Waals surface area contributed by atoms with Crippen LogP contribution in [0.3, 0.4) is 0 Å². The lowest BCUT2D eigenvalue weighted by Crippen LogP contribution is -2.33. The lowest BCUT2D eigenvalue weighted by atomic mass is 10.2. The molecular weight excluding hydrogens is 460 g/mol. The van der Waals surface area contributed by atoms with Crippen molar-refractivity contribution >= 4 is 28.1 Å². The van der Waals surface area contributed by atoms with Crippen LogP contribution in [0.25, 0.3) is 0 Å². The van der Waals surface area contributed by atoms with E-state index >= 15 is 0 Å². The van der Waals surface area contributed by atoms with Crippen LogP contribution in [0, 0.1) is 0 Å². The summed E-state index contributed by atoms with van der Waals surface area (Å²) in [6.45, 7) is 2.10. The van der Waals surface area contributed by atoms with Gasteiger partial charge >= 0.3 is 0 Å². The minimum absolute atomic E-state index is 0.353. The average Bonchev–Trinajstić information content (AvgIpc) is 2.80. The second-order valence-corrected chi connectivity index (χ2v) is 7.55. The van der Waals surface area contributed by atoms with Crippen LogP contribution in [-0.4, -0.2) is 25.3 Å². The highest BCUT2D eigenvalue weighted by atomic mass is 79.9. The standard InChI is InChI=1S/C24H23BrN2O4/c1-17(31-21-11-9-20(25)10-12-21)24(28)27-26-15-19-8-13-22(23(14-19)29-2)30-16-18-6-4-3-5-7-18/h3-15,17H,16H2,1-2H3,(H,27,28)/b26-15-/t17-/m0/s1. The molecule has 0 aromatic heterocycles. The van der Waals surface area contributed by atoms with Gasteiger partial charge in [-0.05, 0) is 60.5 Å². The van der Waals surface area contributed by atoms with Gasteiger partial charge in [-0.2, -0.15) is 5.10 Å². The maximum atomic E-state index is 12.2. The number of hydrazone groups is 1. The topological polar surface area (TPSA) is 69.2 Å². The maximum absolute atomic E-state index is 12.2. The Bertz CT molecular complexity index is 1020. The van der Waals surface area contributed by atoms with E-state index in [0.29, 0.717) is 23.9 Å². The molecule has 7 heteroatoms. The van der Waals surface area contributed by atoms with Gasteiger partial charge in [-0.25, -0.2) is 5.43 Å². The van der Waals surface area contributed by atoms with E-state index in [1.807, 2.05) is 54.6 Å². The summed E-state index contributed by atoms with van der Waals surface area (Å²) in [5.74, 6) is 1.46. The number of carbonyl (C=O) groups is 1. The van der Waals surface area contributed by atoms with Gasteiger partial charge in [0.2, 0.25) is 0 Å². The van der Waals surface area contributed by atoms with Crippen LogP contribution in [-0.2, 0) is 11.4 Å². The van der Waals surface area contributed by atoms with Gasteiger partial charge in [-0.1, -0.05) is 46.3 Å². The quantitative estimate of drug-likeness (QED) is 0.345. The van der Waals surface area contributed by atoms with E-state index < -0.39 is 6.10 Å². The summed E-state index contributed by atoms with van der Waals surface area (Å²) in [6.07, 6.45) is 0.843. The molecule has 3 rings (SSSR count). The highest BCUT2D eigenvalue weighted by molar-refractivity contribution is 9.10. The van der Waals surface area contributed by atoms with E-state index in [1.165, 1.54) is 6.21 Å². The molecule has 1 atom stereocenters. The first-order valence-corrected chi connectivity index (χ1v) is 10.4. The molecule has 0 saturated carbocycles. The molecule has 1 amide bonds. The normalized spacial score (nSPS) is 11.7. The molecule has 0 aliphatic heterocycles. The summed E-state index contributed by atoms with van der Waals surface area (Å²) in [5, 5.41) is 4.01. The highest BCUT2D eigenvalue weighted by Crippen LogP contribution is 2.28. The molecule has 6 nitrogen and oxygen atoms in total. The highest BCUT2D eigenvalue weighted by Gasteiger charge is 2.14. The van der Waals surface area contributed by atoms with E-state index in [4.69, 9.17) is 14.2 Å². The van der Waals surface area contributed by atoms with Crippen molar-refractivity contribution in [2.24, 2.45) is 5.10 Å². The van der Waals surface area contributed by atoms with E-state index in [9.17, 15) is 4.79 Å². The maximum Gasteiger partial charge on any atom is 0.280 e. The molecule has 1 N–H and O–H groups in total. The minimum atomic E-state index is -0.693. The molecule has 0 radical (unpaired) electrons. The number of amides is 1. The van der Waals surface area contributed by atoms with Gasteiger partial charge in [0.1, 0.15) is 12.4 Å². The van der Waals surface area contributed by atoms with Crippen LogP contribution in [0.15, 0.2) is 82.4 Å². The van der Waals surface area contributed by atoms with Crippen molar-refractivity contribution < 1.29 is 19.0 Å².